The summed E-state index contributed by atoms with van der Waals surface area (Å²) in [6, 6.07) is 5.58. The molecule has 1 heterocycles. The monoisotopic (exact) mass is 286 g/mol. The SMILES string of the molecule is CCn1cc(N[C@H](C)C(=O)Nc2ccc(C)c(C)c2)cn1. The van der Waals surface area contributed by atoms with Crippen molar-refractivity contribution in [1.29, 1.82) is 0 Å². The van der Waals surface area contributed by atoms with Gasteiger partial charge in [0.15, 0.2) is 0 Å². The fourth-order valence-electron chi connectivity index (χ4n) is 2.00. The normalized spacial score (nSPS) is 12.0. The summed E-state index contributed by atoms with van der Waals surface area (Å²) in [5, 5.41) is 10.2. The molecule has 0 aliphatic rings. The van der Waals surface area contributed by atoms with Gasteiger partial charge in [-0.15, -0.1) is 0 Å². The number of rotatable bonds is 5. The van der Waals surface area contributed by atoms with E-state index in [1.807, 2.05) is 49.8 Å². The van der Waals surface area contributed by atoms with Crippen LogP contribution in [0, 0.1) is 13.8 Å². The summed E-state index contributed by atoms with van der Waals surface area (Å²) in [6.07, 6.45) is 3.61. The maximum atomic E-state index is 12.2. The van der Waals surface area contributed by atoms with E-state index in [-0.39, 0.29) is 11.9 Å². The van der Waals surface area contributed by atoms with E-state index in [4.69, 9.17) is 0 Å². The third-order valence-corrected chi connectivity index (χ3v) is 3.51. The third-order valence-electron chi connectivity index (χ3n) is 3.51. The van der Waals surface area contributed by atoms with Crippen LogP contribution in [0.25, 0.3) is 0 Å². The van der Waals surface area contributed by atoms with Gasteiger partial charge in [-0.2, -0.15) is 5.10 Å². The second kappa shape index (κ2) is 6.43. The zero-order chi connectivity index (χ0) is 15.4. The van der Waals surface area contributed by atoms with E-state index in [9.17, 15) is 4.79 Å². The molecule has 0 spiro atoms. The lowest BCUT2D eigenvalue weighted by molar-refractivity contribution is -0.116. The number of amides is 1. The van der Waals surface area contributed by atoms with Gasteiger partial charge in [-0.1, -0.05) is 6.07 Å². The number of hydrogen-bond acceptors (Lipinski definition) is 3. The Hall–Kier alpha value is -2.30. The van der Waals surface area contributed by atoms with Crippen molar-refractivity contribution in [2.45, 2.75) is 40.3 Å². The summed E-state index contributed by atoms with van der Waals surface area (Å²) in [7, 11) is 0. The first kappa shape index (κ1) is 15.1. The number of benzene rings is 1. The van der Waals surface area contributed by atoms with Crippen LogP contribution in [0.5, 0.6) is 0 Å². The topological polar surface area (TPSA) is 59.0 Å². The minimum Gasteiger partial charge on any atom is -0.371 e. The number of carbonyl (C=O) groups is 1. The van der Waals surface area contributed by atoms with Gasteiger partial charge in [0.1, 0.15) is 6.04 Å². The molecule has 0 aliphatic carbocycles. The summed E-state index contributed by atoms with van der Waals surface area (Å²) in [4.78, 5) is 12.2. The predicted molar refractivity (Wildman–Crippen MR) is 85.5 cm³/mol. The Bertz CT molecular complexity index is 633. The second-order valence-corrected chi connectivity index (χ2v) is 5.24. The molecule has 5 nitrogen and oxygen atoms in total. The highest BCUT2D eigenvalue weighted by Crippen LogP contribution is 2.15. The molecule has 21 heavy (non-hydrogen) atoms. The highest BCUT2D eigenvalue weighted by atomic mass is 16.2. The molecule has 112 valence electrons. The van der Waals surface area contributed by atoms with Crippen LogP contribution < -0.4 is 10.6 Å². The molecular weight excluding hydrogens is 264 g/mol. The van der Waals surface area contributed by atoms with E-state index < -0.39 is 0 Å². The number of hydrogen-bond donors (Lipinski definition) is 2. The molecule has 0 bridgehead atoms. The van der Waals surface area contributed by atoms with Crippen LogP contribution in [0.2, 0.25) is 0 Å². The molecule has 1 amide bonds. The van der Waals surface area contributed by atoms with E-state index in [1.54, 1.807) is 6.20 Å². The fraction of sp³-hybridized carbons (Fsp3) is 0.375. The highest BCUT2D eigenvalue weighted by Gasteiger charge is 2.13. The average Bonchev–Trinajstić information content (AvgIpc) is 2.90. The van der Waals surface area contributed by atoms with Crippen LogP contribution in [-0.4, -0.2) is 21.7 Å². The molecule has 0 fully saturated rings. The van der Waals surface area contributed by atoms with E-state index in [2.05, 4.69) is 22.7 Å². The lowest BCUT2D eigenvalue weighted by Gasteiger charge is -2.14. The number of carbonyl (C=O) groups excluding carboxylic acids is 1. The molecule has 0 saturated carbocycles. The summed E-state index contributed by atoms with van der Waals surface area (Å²) in [5.41, 5.74) is 4.05. The zero-order valence-electron chi connectivity index (χ0n) is 13.0. The largest absolute Gasteiger partial charge is 0.371 e. The van der Waals surface area contributed by atoms with E-state index in [1.165, 1.54) is 5.56 Å². The van der Waals surface area contributed by atoms with Gasteiger partial charge in [0.2, 0.25) is 5.91 Å². The van der Waals surface area contributed by atoms with Gasteiger partial charge < -0.3 is 10.6 Å². The van der Waals surface area contributed by atoms with Crippen LogP contribution in [0.4, 0.5) is 11.4 Å². The number of nitrogens with zero attached hydrogens (tertiary/aromatic N) is 2. The maximum Gasteiger partial charge on any atom is 0.246 e. The Morgan fingerprint density at radius 3 is 2.67 bits per heavy atom. The van der Waals surface area contributed by atoms with Crippen molar-refractivity contribution in [3.63, 3.8) is 0 Å². The molecule has 5 heteroatoms. The van der Waals surface area contributed by atoms with Crippen LogP contribution in [0.15, 0.2) is 30.6 Å². The van der Waals surface area contributed by atoms with E-state index in [0.717, 1.165) is 23.5 Å². The van der Waals surface area contributed by atoms with Gasteiger partial charge in [0.25, 0.3) is 0 Å². The Morgan fingerprint density at radius 2 is 2.05 bits per heavy atom. The molecular formula is C16H22N4O. The lowest BCUT2D eigenvalue weighted by Crippen LogP contribution is -2.31. The Balaban J connectivity index is 1.97. The van der Waals surface area contributed by atoms with E-state index >= 15 is 0 Å². The van der Waals surface area contributed by atoms with Crippen molar-refractivity contribution in [2.24, 2.45) is 0 Å². The van der Waals surface area contributed by atoms with Gasteiger partial charge in [-0.25, -0.2) is 0 Å². The smallest absolute Gasteiger partial charge is 0.246 e. The van der Waals surface area contributed by atoms with Crippen molar-refractivity contribution in [3.8, 4) is 0 Å². The molecule has 2 N–H and O–H groups in total. The van der Waals surface area contributed by atoms with Crippen molar-refractivity contribution >= 4 is 17.3 Å². The first-order valence-corrected chi connectivity index (χ1v) is 7.16. The molecule has 0 aliphatic heterocycles. The van der Waals surface area contributed by atoms with E-state index in [0.29, 0.717) is 0 Å². The van der Waals surface area contributed by atoms with Crippen LogP contribution >= 0.6 is 0 Å². The average molecular weight is 286 g/mol. The third kappa shape index (κ3) is 3.84. The molecule has 0 radical (unpaired) electrons. The molecule has 1 aromatic carbocycles. The molecule has 0 unspecified atom stereocenters. The summed E-state index contributed by atoms with van der Waals surface area (Å²) < 4.78 is 1.82. The molecule has 2 rings (SSSR count). The number of aromatic nitrogens is 2. The number of nitrogens with one attached hydrogen (secondary N) is 2. The second-order valence-electron chi connectivity index (χ2n) is 5.24. The van der Waals surface area contributed by atoms with Gasteiger partial charge in [0.05, 0.1) is 11.9 Å². The highest BCUT2D eigenvalue weighted by molar-refractivity contribution is 5.96. The molecule has 0 saturated heterocycles. The number of aryl methyl sites for hydroxylation is 3. The minimum atomic E-state index is -0.332. The molecule has 1 atom stereocenters. The molecule has 1 aromatic heterocycles. The standard InChI is InChI=1S/C16H22N4O/c1-5-20-10-15(9-17-20)18-13(4)16(21)19-14-7-6-11(2)12(3)8-14/h6-10,13,18H,5H2,1-4H3,(H,19,21)/t13-/m1/s1. The Morgan fingerprint density at radius 1 is 1.29 bits per heavy atom. The van der Waals surface area contributed by atoms with Crippen molar-refractivity contribution < 1.29 is 4.79 Å². The Kier molecular flexibility index (Phi) is 4.62. The minimum absolute atomic E-state index is 0.0671. The van der Waals surface area contributed by atoms with Crippen LogP contribution in [-0.2, 0) is 11.3 Å². The van der Waals surface area contributed by atoms with Gasteiger partial charge >= 0.3 is 0 Å². The van der Waals surface area contributed by atoms with Crippen molar-refractivity contribution in [2.75, 3.05) is 10.6 Å². The molecule has 2 aromatic rings. The first-order valence-electron chi connectivity index (χ1n) is 7.16. The summed E-state index contributed by atoms with van der Waals surface area (Å²) in [5.74, 6) is -0.0671. The maximum absolute atomic E-state index is 12.2. The van der Waals surface area contributed by atoms with Crippen molar-refractivity contribution in [1.82, 2.24) is 9.78 Å². The van der Waals surface area contributed by atoms with Gasteiger partial charge in [0, 0.05) is 18.4 Å². The van der Waals surface area contributed by atoms with Crippen molar-refractivity contribution in [3.05, 3.63) is 41.7 Å². The lowest BCUT2D eigenvalue weighted by atomic mass is 10.1. The quantitative estimate of drug-likeness (QED) is 0.888. The summed E-state index contributed by atoms with van der Waals surface area (Å²) in [6.45, 7) is 8.75. The van der Waals surface area contributed by atoms with Gasteiger partial charge in [-0.05, 0) is 51.0 Å². The van der Waals surface area contributed by atoms with Crippen LogP contribution in [0.1, 0.15) is 25.0 Å². The summed E-state index contributed by atoms with van der Waals surface area (Å²) >= 11 is 0. The predicted octanol–water partition coefficient (Wildman–Crippen LogP) is 2.96. The fourth-order valence-corrected chi connectivity index (χ4v) is 2.00. The zero-order valence-corrected chi connectivity index (χ0v) is 13.0. The van der Waals surface area contributed by atoms with Crippen LogP contribution in [0.3, 0.4) is 0 Å². The van der Waals surface area contributed by atoms with Gasteiger partial charge in [-0.3, -0.25) is 9.48 Å². The Labute approximate surface area is 125 Å². The first-order chi connectivity index (χ1) is 9.99. The number of anilines is 2.